The highest BCUT2D eigenvalue weighted by Gasteiger charge is 2.28. The van der Waals surface area contributed by atoms with E-state index >= 15 is 0 Å². The Balaban J connectivity index is 1.27. The lowest BCUT2D eigenvalue weighted by Crippen LogP contribution is -2.41. The number of fused-ring (bicyclic) bond motifs is 1. The van der Waals surface area contributed by atoms with Gasteiger partial charge in [-0.3, -0.25) is 5.32 Å². The number of nitrogens with one attached hydrogen (secondary N) is 1. The number of amides is 2. The van der Waals surface area contributed by atoms with E-state index in [-0.39, 0.29) is 11.9 Å². The fraction of sp³-hybridized carbons (Fsp3) is 0.500. The summed E-state index contributed by atoms with van der Waals surface area (Å²) in [5, 5.41) is 17.0. The van der Waals surface area contributed by atoms with Crippen LogP contribution in [0, 0.1) is 6.92 Å². The maximum atomic E-state index is 12.5. The molecule has 0 bridgehead atoms. The van der Waals surface area contributed by atoms with Gasteiger partial charge in [0.2, 0.25) is 0 Å². The number of piperidine rings is 1. The number of anilines is 2. The summed E-state index contributed by atoms with van der Waals surface area (Å²) in [5.74, 6) is 2.13. The second kappa shape index (κ2) is 7.01. The van der Waals surface area contributed by atoms with Crippen molar-refractivity contribution in [1.82, 2.24) is 29.7 Å². The van der Waals surface area contributed by atoms with Crippen LogP contribution >= 0.6 is 11.3 Å². The molecule has 0 saturated carbocycles. The molecule has 3 aromatic heterocycles. The van der Waals surface area contributed by atoms with E-state index in [1.54, 1.807) is 6.20 Å². The summed E-state index contributed by atoms with van der Waals surface area (Å²) in [5.41, 5.74) is 0.776. The van der Waals surface area contributed by atoms with Crippen LogP contribution in [0.3, 0.4) is 0 Å². The summed E-state index contributed by atoms with van der Waals surface area (Å²) in [6.45, 7) is 5.45. The Morgan fingerprint density at radius 3 is 2.68 bits per heavy atom. The van der Waals surface area contributed by atoms with E-state index in [1.165, 1.54) is 17.8 Å². The van der Waals surface area contributed by atoms with Gasteiger partial charge in [0.25, 0.3) is 0 Å². The van der Waals surface area contributed by atoms with Crippen molar-refractivity contribution in [3.8, 4) is 0 Å². The van der Waals surface area contributed by atoms with E-state index in [4.69, 9.17) is 5.10 Å². The first kappa shape index (κ1) is 17.4. The van der Waals surface area contributed by atoms with Crippen LogP contribution in [0.5, 0.6) is 0 Å². The summed E-state index contributed by atoms with van der Waals surface area (Å²) in [7, 11) is 0. The van der Waals surface area contributed by atoms with Crippen LogP contribution < -0.4 is 10.2 Å². The summed E-state index contributed by atoms with van der Waals surface area (Å²) in [4.78, 5) is 21.9. The van der Waals surface area contributed by atoms with Crippen LogP contribution in [0.2, 0.25) is 0 Å². The third-order valence-corrected chi connectivity index (χ3v) is 6.26. The van der Waals surface area contributed by atoms with Gasteiger partial charge >= 0.3 is 6.03 Å². The Kier molecular flexibility index (Phi) is 4.34. The van der Waals surface area contributed by atoms with Gasteiger partial charge in [-0.1, -0.05) is 0 Å². The number of hydrogen-bond donors (Lipinski definition) is 1. The van der Waals surface area contributed by atoms with Crippen molar-refractivity contribution in [3.63, 3.8) is 0 Å². The standard InChI is InChI=1S/C18H22N8OS/c1-12-11-19-17(28-12)20-18(27)25-9-5-13(6-10-25)16-22-21-14-3-4-15(23-26(14)16)24-7-2-8-24/h3-4,11,13H,2,5-10H2,1H3,(H,19,20,27). The van der Waals surface area contributed by atoms with E-state index in [2.05, 4.69) is 25.4 Å². The molecule has 9 nitrogen and oxygen atoms in total. The maximum absolute atomic E-state index is 12.5. The van der Waals surface area contributed by atoms with Crippen molar-refractivity contribution in [3.05, 3.63) is 29.0 Å². The number of likely N-dealkylation sites (tertiary alicyclic amines) is 1. The molecule has 28 heavy (non-hydrogen) atoms. The highest BCUT2D eigenvalue weighted by Crippen LogP contribution is 2.28. The van der Waals surface area contributed by atoms with Crippen molar-refractivity contribution < 1.29 is 4.79 Å². The third kappa shape index (κ3) is 3.17. The highest BCUT2D eigenvalue weighted by atomic mass is 32.1. The minimum Gasteiger partial charge on any atom is -0.355 e. The summed E-state index contributed by atoms with van der Waals surface area (Å²) >= 11 is 1.49. The number of aryl methyl sites for hydroxylation is 1. The predicted octanol–water partition coefficient (Wildman–Crippen LogP) is 2.51. The van der Waals surface area contributed by atoms with E-state index in [0.29, 0.717) is 18.2 Å². The number of aromatic nitrogens is 5. The number of urea groups is 1. The first-order chi connectivity index (χ1) is 13.7. The number of carbonyl (C=O) groups is 1. The first-order valence-corrected chi connectivity index (χ1v) is 10.4. The number of thiazole rings is 1. The monoisotopic (exact) mass is 398 g/mol. The Labute approximate surface area is 166 Å². The second-order valence-corrected chi connectivity index (χ2v) is 8.56. The Bertz CT molecular complexity index is 1000. The normalized spacial score (nSPS) is 17.8. The highest BCUT2D eigenvalue weighted by molar-refractivity contribution is 7.15. The fourth-order valence-corrected chi connectivity index (χ4v) is 4.34. The number of rotatable bonds is 3. The van der Waals surface area contributed by atoms with Gasteiger partial charge < -0.3 is 9.80 Å². The Morgan fingerprint density at radius 2 is 2.00 bits per heavy atom. The number of carbonyl (C=O) groups excluding carboxylic acids is 1. The average Bonchev–Trinajstić information content (AvgIpc) is 3.26. The molecule has 0 aromatic carbocycles. The molecule has 0 atom stereocenters. The molecule has 5 rings (SSSR count). The molecule has 0 spiro atoms. The van der Waals surface area contributed by atoms with Gasteiger partial charge in [-0.25, -0.2) is 9.78 Å². The van der Waals surface area contributed by atoms with Gasteiger partial charge in [0, 0.05) is 43.2 Å². The van der Waals surface area contributed by atoms with Crippen molar-refractivity contribution in [1.29, 1.82) is 0 Å². The van der Waals surface area contributed by atoms with E-state index in [1.807, 2.05) is 28.5 Å². The summed E-state index contributed by atoms with van der Waals surface area (Å²) in [6.07, 6.45) is 4.68. The minimum absolute atomic E-state index is 0.0860. The van der Waals surface area contributed by atoms with E-state index in [9.17, 15) is 4.79 Å². The molecule has 0 unspecified atom stereocenters. The zero-order chi connectivity index (χ0) is 19.1. The van der Waals surface area contributed by atoms with Gasteiger partial charge in [-0.2, -0.15) is 4.52 Å². The molecule has 5 heterocycles. The number of hydrogen-bond acceptors (Lipinski definition) is 7. The molecule has 2 aliphatic rings. The Hall–Kier alpha value is -2.75. The molecule has 0 radical (unpaired) electrons. The van der Waals surface area contributed by atoms with Crippen molar-refractivity contribution in [2.24, 2.45) is 0 Å². The predicted molar refractivity (Wildman–Crippen MR) is 107 cm³/mol. The average molecular weight is 398 g/mol. The molecular formula is C18H22N8OS. The third-order valence-electron chi connectivity index (χ3n) is 5.44. The van der Waals surface area contributed by atoms with Crippen molar-refractivity contribution in [2.75, 3.05) is 36.4 Å². The van der Waals surface area contributed by atoms with E-state index < -0.39 is 0 Å². The minimum atomic E-state index is -0.0860. The molecule has 0 aliphatic carbocycles. The van der Waals surface area contributed by atoms with Crippen LogP contribution in [-0.2, 0) is 0 Å². The zero-order valence-corrected chi connectivity index (χ0v) is 16.5. The van der Waals surface area contributed by atoms with Crippen LogP contribution in [0.1, 0.15) is 35.9 Å². The summed E-state index contributed by atoms with van der Waals surface area (Å²) < 4.78 is 1.88. The first-order valence-electron chi connectivity index (χ1n) is 9.63. The fourth-order valence-electron chi connectivity index (χ4n) is 3.69. The molecule has 2 amide bonds. The van der Waals surface area contributed by atoms with Gasteiger partial charge in [0.15, 0.2) is 16.6 Å². The van der Waals surface area contributed by atoms with Gasteiger partial charge in [0.05, 0.1) is 0 Å². The summed E-state index contributed by atoms with van der Waals surface area (Å²) in [6, 6.07) is 3.91. The lowest BCUT2D eigenvalue weighted by molar-refractivity contribution is 0.193. The topological polar surface area (TPSA) is 91.5 Å². The lowest BCUT2D eigenvalue weighted by Gasteiger charge is -2.32. The number of nitrogens with zero attached hydrogens (tertiary/aromatic N) is 7. The maximum Gasteiger partial charge on any atom is 0.323 e. The van der Waals surface area contributed by atoms with Crippen LogP contribution in [0.15, 0.2) is 18.3 Å². The van der Waals surface area contributed by atoms with Crippen molar-refractivity contribution in [2.45, 2.75) is 32.1 Å². The van der Waals surface area contributed by atoms with Crippen LogP contribution in [0.4, 0.5) is 15.7 Å². The Morgan fingerprint density at radius 1 is 1.18 bits per heavy atom. The van der Waals surface area contributed by atoms with Gasteiger partial charge in [-0.05, 0) is 38.3 Å². The molecule has 2 aliphatic heterocycles. The van der Waals surface area contributed by atoms with Crippen LogP contribution in [0.25, 0.3) is 5.65 Å². The molecule has 3 aromatic rings. The molecule has 10 heteroatoms. The molecular weight excluding hydrogens is 376 g/mol. The molecule has 2 fully saturated rings. The molecule has 146 valence electrons. The lowest BCUT2D eigenvalue weighted by atomic mass is 9.96. The van der Waals surface area contributed by atoms with Crippen LogP contribution in [-0.4, -0.2) is 61.9 Å². The second-order valence-electron chi connectivity index (χ2n) is 7.33. The quantitative estimate of drug-likeness (QED) is 0.729. The largest absolute Gasteiger partial charge is 0.355 e. The zero-order valence-electron chi connectivity index (χ0n) is 15.7. The molecule has 2 saturated heterocycles. The smallest absolute Gasteiger partial charge is 0.323 e. The molecule has 1 N–H and O–H groups in total. The van der Waals surface area contributed by atoms with Gasteiger partial charge in [-0.15, -0.1) is 26.6 Å². The van der Waals surface area contributed by atoms with Gasteiger partial charge in [0.1, 0.15) is 5.82 Å². The van der Waals surface area contributed by atoms with E-state index in [0.717, 1.165) is 48.1 Å². The SMILES string of the molecule is Cc1cnc(NC(=O)N2CCC(c3nnc4ccc(N5CCC5)nn34)CC2)s1. The van der Waals surface area contributed by atoms with Crippen molar-refractivity contribution >= 4 is 34.0 Å².